The number of benzene rings is 3. The molecule has 1 N–H and O–H groups in total. The maximum absolute atomic E-state index is 15.0. The number of halogens is 1. The van der Waals surface area contributed by atoms with Crippen molar-refractivity contribution in [1.29, 1.82) is 0 Å². The first-order chi connectivity index (χ1) is 17.5. The van der Waals surface area contributed by atoms with Crippen molar-refractivity contribution in [2.75, 3.05) is 4.90 Å². The zero-order chi connectivity index (χ0) is 24.8. The lowest BCUT2D eigenvalue weighted by molar-refractivity contribution is -0.122. The van der Waals surface area contributed by atoms with Gasteiger partial charge in [0, 0.05) is 11.1 Å². The number of aromatic nitrogens is 4. The van der Waals surface area contributed by atoms with E-state index in [1.165, 1.54) is 35.2 Å². The summed E-state index contributed by atoms with van der Waals surface area (Å²) in [4.78, 5) is 47.4. The molecule has 176 valence electrons. The van der Waals surface area contributed by atoms with Crippen molar-refractivity contribution < 1.29 is 18.8 Å². The second kappa shape index (κ2) is 8.31. The lowest BCUT2D eigenvalue weighted by atomic mass is 9.99. The number of anilines is 1. The fourth-order valence-corrected chi connectivity index (χ4v) is 4.44. The Kier molecular flexibility index (Phi) is 4.95. The predicted molar refractivity (Wildman–Crippen MR) is 125 cm³/mol. The fraction of sp³-hybridized carbons (Fsp3) is 0.0800. The first-order valence-electron chi connectivity index (χ1n) is 11.0. The van der Waals surface area contributed by atoms with Gasteiger partial charge in [-0.05, 0) is 40.8 Å². The lowest BCUT2D eigenvalue weighted by Crippen LogP contribution is -2.49. The zero-order valence-corrected chi connectivity index (χ0v) is 18.5. The van der Waals surface area contributed by atoms with Gasteiger partial charge in [0.2, 0.25) is 6.17 Å². The van der Waals surface area contributed by atoms with E-state index in [0.29, 0.717) is 11.3 Å². The summed E-state index contributed by atoms with van der Waals surface area (Å²) in [6.45, 7) is -0.0947. The van der Waals surface area contributed by atoms with Crippen LogP contribution < -0.4 is 4.90 Å². The zero-order valence-electron chi connectivity index (χ0n) is 18.5. The van der Waals surface area contributed by atoms with Gasteiger partial charge in [0.15, 0.2) is 5.82 Å². The number of amides is 3. The molecular formula is C25H16FN7O3. The molecule has 36 heavy (non-hydrogen) atoms. The number of tetrazole rings is 1. The van der Waals surface area contributed by atoms with Crippen molar-refractivity contribution in [2.45, 2.75) is 12.7 Å². The van der Waals surface area contributed by atoms with Crippen LogP contribution in [0.1, 0.15) is 37.7 Å². The van der Waals surface area contributed by atoms with Crippen LogP contribution in [0.3, 0.4) is 0 Å². The van der Waals surface area contributed by atoms with E-state index in [1.807, 2.05) is 0 Å². The molecule has 11 heteroatoms. The highest BCUT2D eigenvalue weighted by Gasteiger charge is 2.46. The van der Waals surface area contributed by atoms with Gasteiger partial charge in [-0.3, -0.25) is 14.4 Å². The monoisotopic (exact) mass is 481 g/mol. The molecule has 3 amide bonds. The van der Waals surface area contributed by atoms with Crippen molar-refractivity contribution in [3.63, 3.8) is 0 Å². The van der Waals surface area contributed by atoms with Crippen LogP contribution in [0.15, 0.2) is 77.8 Å². The van der Waals surface area contributed by atoms with Crippen molar-refractivity contribution in [3.8, 4) is 0 Å². The molecule has 3 heterocycles. The van der Waals surface area contributed by atoms with E-state index in [0.717, 1.165) is 4.90 Å². The lowest BCUT2D eigenvalue weighted by Gasteiger charge is -2.27. The Morgan fingerprint density at radius 1 is 0.806 bits per heavy atom. The number of rotatable bonds is 4. The summed E-state index contributed by atoms with van der Waals surface area (Å²) in [6, 6.07) is 19.1. The molecule has 3 aromatic carbocycles. The molecule has 0 bridgehead atoms. The first-order valence-corrected chi connectivity index (χ1v) is 11.0. The van der Waals surface area contributed by atoms with Crippen molar-refractivity contribution in [3.05, 3.63) is 107 Å². The maximum atomic E-state index is 15.0. The number of aliphatic imine (C=N–C) groups is 1. The quantitative estimate of drug-likeness (QED) is 0.446. The van der Waals surface area contributed by atoms with Crippen LogP contribution in [0.5, 0.6) is 0 Å². The van der Waals surface area contributed by atoms with E-state index < -0.39 is 29.7 Å². The summed E-state index contributed by atoms with van der Waals surface area (Å²) in [6.07, 6.45) is -1.59. The number of carbonyl (C=O) groups excluding carboxylic acids is 3. The number of carbonyl (C=O) groups is 3. The second-order valence-electron chi connectivity index (χ2n) is 8.15. The summed E-state index contributed by atoms with van der Waals surface area (Å²) in [5.41, 5.74) is 1.46. The van der Waals surface area contributed by atoms with E-state index in [1.54, 1.807) is 42.5 Å². The summed E-state index contributed by atoms with van der Waals surface area (Å²) in [5.74, 6) is -2.27. The largest absolute Gasteiger partial charge is 0.301 e. The highest BCUT2D eigenvalue weighted by Crippen LogP contribution is 2.33. The molecule has 4 aromatic rings. The molecule has 2 aliphatic heterocycles. The van der Waals surface area contributed by atoms with Gasteiger partial charge in [-0.15, -0.1) is 5.10 Å². The van der Waals surface area contributed by atoms with Gasteiger partial charge in [-0.2, -0.15) is 0 Å². The van der Waals surface area contributed by atoms with Crippen LogP contribution in [0.2, 0.25) is 0 Å². The molecule has 0 radical (unpaired) electrons. The standard InChI is InChI=1S/C25H16FN7O3/c26-18-11-5-3-9-16(18)21-17-10-4-6-12-19(17)32(13-20-28-30-31-29-20)25(36)22(27-21)33-23(34)14-7-1-2-8-15(14)24(33)35/h1-12,22H,13H2,(H,28,29,30,31). The van der Waals surface area contributed by atoms with Crippen LogP contribution in [-0.4, -0.2) is 55.1 Å². The van der Waals surface area contributed by atoms with Crippen molar-refractivity contribution in [1.82, 2.24) is 25.5 Å². The van der Waals surface area contributed by atoms with Gasteiger partial charge in [0.05, 0.1) is 29.1 Å². The average Bonchev–Trinajstić information content (AvgIpc) is 3.48. The molecule has 1 unspecified atom stereocenters. The minimum absolute atomic E-state index is 0.0947. The van der Waals surface area contributed by atoms with Crippen LogP contribution in [0.25, 0.3) is 0 Å². The van der Waals surface area contributed by atoms with E-state index in [9.17, 15) is 14.4 Å². The first kappa shape index (κ1) is 21.5. The number of hydrogen-bond acceptors (Lipinski definition) is 7. The minimum Gasteiger partial charge on any atom is -0.301 e. The second-order valence-corrected chi connectivity index (χ2v) is 8.15. The summed E-state index contributed by atoms with van der Waals surface area (Å²) >= 11 is 0. The van der Waals surface area contributed by atoms with E-state index in [4.69, 9.17) is 0 Å². The topological polar surface area (TPSA) is 125 Å². The predicted octanol–water partition coefficient (Wildman–Crippen LogP) is 2.35. The summed E-state index contributed by atoms with van der Waals surface area (Å²) in [7, 11) is 0. The maximum Gasteiger partial charge on any atom is 0.273 e. The molecule has 0 spiro atoms. The van der Waals surface area contributed by atoms with E-state index >= 15 is 4.39 Å². The van der Waals surface area contributed by atoms with Gasteiger partial charge < -0.3 is 4.90 Å². The molecule has 2 aliphatic rings. The van der Waals surface area contributed by atoms with E-state index in [2.05, 4.69) is 25.6 Å². The number of nitrogens with zero attached hydrogens (tertiary/aromatic N) is 6. The molecular weight excluding hydrogens is 465 g/mol. The molecule has 0 saturated carbocycles. The van der Waals surface area contributed by atoms with Crippen LogP contribution in [-0.2, 0) is 11.3 Å². The number of fused-ring (bicyclic) bond motifs is 2. The number of nitrogens with one attached hydrogen (secondary N) is 1. The third-order valence-corrected chi connectivity index (χ3v) is 6.08. The molecule has 6 rings (SSSR count). The summed E-state index contributed by atoms with van der Waals surface area (Å²) < 4.78 is 15.0. The highest BCUT2D eigenvalue weighted by atomic mass is 19.1. The third kappa shape index (κ3) is 3.28. The van der Waals surface area contributed by atoms with Crippen LogP contribution in [0, 0.1) is 5.82 Å². The fourth-order valence-electron chi connectivity index (χ4n) is 4.44. The van der Waals surface area contributed by atoms with Crippen LogP contribution in [0.4, 0.5) is 10.1 Å². The molecule has 0 aliphatic carbocycles. The Morgan fingerprint density at radius 3 is 2.06 bits per heavy atom. The Balaban J connectivity index is 1.57. The molecule has 1 atom stereocenters. The van der Waals surface area contributed by atoms with Gasteiger partial charge >= 0.3 is 0 Å². The molecule has 0 fully saturated rings. The Labute approximate surface area is 203 Å². The third-order valence-electron chi connectivity index (χ3n) is 6.08. The number of hydrogen-bond donors (Lipinski definition) is 1. The number of benzodiazepines with no additional fused rings is 1. The molecule has 0 saturated heterocycles. The smallest absolute Gasteiger partial charge is 0.273 e. The Hall–Kier alpha value is -5.06. The Bertz CT molecular complexity index is 1530. The number of aromatic amines is 1. The highest BCUT2D eigenvalue weighted by molar-refractivity contribution is 6.25. The minimum atomic E-state index is -1.59. The number of imide groups is 1. The van der Waals surface area contributed by atoms with Crippen LogP contribution >= 0.6 is 0 Å². The van der Waals surface area contributed by atoms with Crippen molar-refractivity contribution >= 4 is 29.1 Å². The van der Waals surface area contributed by atoms with Gasteiger partial charge in [-0.1, -0.05) is 42.5 Å². The summed E-state index contributed by atoms with van der Waals surface area (Å²) in [5, 5.41) is 13.6. The van der Waals surface area contributed by atoms with Gasteiger partial charge in [0.1, 0.15) is 5.82 Å². The SMILES string of the molecule is O=C1C(N2C(=O)c3ccccc3C2=O)N=C(c2ccccc2F)c2ccccc2N1Cc1nnn[nH]1. The number of para-hydroxylation sites is 1. The Morgan fingerprint density at radius 2 is 1.42 bits per heavy atom. The molecule has 10 nitrogen and oxygen atoms in total. The van der Waals surface area contributed by atoms with Crippen molar-refractivity contribution in [2.24, 2.45) is 4.99 Å². The van der Waals surface area contributed by atoms with E-state index in [-0.39, 0.29) is 34.8 Å². The van der Waals surface area contributed by atoms with Gasteiger partial charge in [0.25, 0.3) is 17.7 Å². The average molecular weight is 481 g/mol. The normalized spacial score (nSPS) is 17.1. The number of H-pyrrole nitrogens is 1. The van der Waals surface area contributed by atoms with Gasteiger partial charge in [-0.25, -0.2) is 19.4 Å². The molecule has 1 aromatic heterocycles.